The van der Waals surface area contributed by atoms with Gasteiger partial charge in [-0.2, -0.15) is 0 Å². The van der Waals surface area contributed by atoms with Gasteiger partial charge < -0.3 is 9.15 Å². The molecule has 1 aromatic heterocycles. The first-order valence-corrected chi connectivity index (χ1v) is 9.30. The number of hydrogen-bond donors (Lipinski definition) is 0. The van der Waals surface area contributed by atoms with E-state index >= 15 is 0 Å². The highest BCUT2D eigenvalue weighted by atomic mass is 79.9. The van der Waals surface area contributed by atoms with Gasteiger partial charge in [0, 0.05) is 21.7 Å². The van der Waals surface area contributed by atoms with Crippen LogP contribution in [0.5, 0.6) is 5.75 Å². The fourth-order valence-electron chi connectivity index (χ4n) is 3.86. The van der Waals surface area contributed by atoms with E-state index in [0.29, 0.717) is 34.0 Å². The second kappa shape index (κ2) is 5.79. The molecule has 2 aliphatic rings. The molecule has 27 heavy (non-hydrogen) atoms. The minimum atomic E-state index is -0.544. The zero-order valence-electron chi connectivity index (χ0n) is 14.3. The van der Waals surface area contributed by atoms with E-state index in [0.717, 1.165) is 15.6 Å². The molecule has 0 fully saturated rings. The van der Waals surface area contributed by atoms with E-state index < -0.39 is 11.5 Å². The van der Waals surface area contributed by atoms with Gasteiger partial charge >= 0.3 is 5.63 Å². The third kappa shape index (κ3) is 2.35. The number of hydrogen-bond acceptors (Lipinski definition) is 4. The Balaban J connectivity index is 1.84. The minimum Gasteiger partial charge on any atom is -0.456 e. The van der Waals surface area contributed by atoms with Crippen LogP contribution in [0.2, 0.25) is 0 Å². The first kappa shape index (κ1) is 16.3. The molecule has 1 unspecified atom stereocenters. The molecule has 2 aromatic carbocycles. The molecular weight excluding hydrogens is 408 g/mol. The third-order valence-electron chi connectivity index (χ3n) is 4.95. The lowest BCUT2D eigenvalue weighted by molar-refractivity contribution is 0.103. The molecule has 132 valence electrons. The van der Waals surface area contributed by atoms with E-state index in [1.165, 1.54) is 0 Å². The summed E-state index contributed by atoms with van der Waals surface area (Å²) >= 11 is 3.48. The Hall–Kier alpha value is -2.92. The number of allylic oxidation sites excluding steroid dienone is 1. The molecule has 5 rings (SSSR count). The number of fused-ring (bicyclic) bond motifs is 3. The van der Waals surface area contributed by atoms with Crippen LogP contribution in [-0.4, -0.2) is 5.78 Å². The average molecular weight is 421 g/mol. The summed E-state index contributed by atoms with van der Waals surface area (Å²) in [6, 6.07) is 16.7. The van der Waals surface area contributed by atoms with Crippen molar-refractivity contribution in [2.45, 2.75) is 12.8 Å². The predicted molar refractivity (Wildman–Crippen MR) is 104 cm³/mol. The Kier molecular flexibility index (Phi) is 3.49. The first-order valence-electron chi connectivity index (χ1n) is 8.51. The monoisotopic (exact) mass is 420 g/mol. The van der Waals surface area contributed by atoms with Crippen LogP contribution in [0.15, 0.2) is 73.9 Å². The van der Waals surface area contributed by atoms with Crippen molar-refractivity contribution in [3.05, 3.63) is 103 Å². The number of carbonyl (C=O) groups is 1. The molecule has 0 saturated heterocycles. The van der Waals surface area contributed by atoms with Gasteiger partial charge in [-0.15, -0.1) is 0 Å². The Morgan fingerprint density at radius 3 is 2.52 bits per heavy atom. The molecule has 4 nitrogen and oxygen atoms in total. The van der Waals surface area contributed by atoms with Crippen molar-refractivity contribution in [3.63, 3.8) is 0 Å². The molecule has 3 aromatic rings. The molecule has 0 saturated carbocycles. The quantitative estimate of drug-likeness (QED) is 0.564. The maximum atomic E-state index is 13.2. The largest absolute Gasteiger partial charge is 0.456 e. The fraction of sp³-hybridized carbons (Fsp3) is 0.0909. The molecule has 1 aliphatic heterocycles. The third-order valence-corrected chi connectivity index (χ3v) is 5.44. The van der Waals surface area contributed by atoms with E-state index in [-0.39, 0.29) is 5.78 Å². The van der Waals surface area contributed by atoms with Gasteiger partial charge in [0.05, 0.1) is 17.1 Å². The lowest BCUT2D eigenvalue weighted by Gasteiger charge is -2.26. The summed E-state index contributed by atoms with van der Waals surface area (Å²) in [6.07, 6.45) is 0. The second-order valence-electron chi connectivity index (χ2n) is 6.63. The van der Waals surface area contributed by atoms with E-state index in [4.69, 9.17) is 9.15 Å². The summed E-state index contributed by atoms with van der Waals surface area (Å²) in [7, 11) is 0. The maximum Gasteiger partial charge on any atom is 0.343 e. The highest BCUT2D eigenvalue weighted by Gasteiger charge is 2.43. The normalized spacial score (nSPS) is 17.3. The molecule has 0 amide bonds. The van der Waals surface area contributed by atoms with Crippen molar-refractivity contribution in [1.29, 1.82) is 0 Å². The number of rotatable bonds is 1. The van der Waals surface area contributed by atoms with Crippen LogP contribution in [-0.2, 0) is 0 Å². The molecule has 0 radical (unpaired) electrons. The van der Waals surface area contributed by atoms with Crippen LogP contribution in [0.25, 0.3) is 5.76 Å². The van der Waals surface area contributed by atoms with Gasteiger partial charge in [0.15, 0.2) is 5.78 Å². The van der Waals surface area contributed by atoms with Crippen LogP contribution in [0, 0.1) is 6.92 Å². The highest BCUT2D eigenvalue weighted by Crippen LogP contribution is 2.49. The molecule has 1 atom stereocenters. The van der Waals surface area contributed by atoms with Gasteiger partial charge in [0.1, 0.15) is 17.3 Å². The fourth-order valence-corrected chi connectivity index (χ4v) is 4.27. The van der Waals surface area contributed by atoms with Crippen molar-refractivity contribution < 1.29 is 13.9 Å². The standard InChI is InChI=1S/C22H13BrO4/c1-11-9-16-18(22(25)26-11)17(12-5-4-6-13(23)10-12)19-20(24)14-7-2-3-8-15(14)21(19)27-16/h2-10,17H,1H3. The van der Waals surface area contributed by atoms with Gasteiger partial charge in [0.25, 0.3) is 0 Å². The minimum absolute atomic E-state index is 0.115. The second-order valence-corrected chi connectivity index (χ2v) is 7.55. The molecule has 0 N–H and O–H groups in total. The molecule has 5 heteroatoms. The summed E-state index contributed by atoms with van der Waals surface area (Å²) < 4.78 is 12.3. The van der Waals surface area contributed by atoms with Crippen LogP contribution in [0.4, 0.5) is 0 Å². The van der Waals surface area contributed by atoms with Crippen molar-refractivity contribution in [1.82, 2.24) is 0 Å². The SMILES string of the molecule is Cc1cc2c(c(=O)o1)C(c1cccc(Br)c1)C1=C(O2)c2ccccc2C1=O. The lowest BCUT2D eigenvalue weighted by Crippen LogP contribution is -2.24. The molecule has 0 bridgehead atoms. The lowest BCUT2D eigenvalue weighted by atomic mass is 9.82. The number of benzene rings is 2. The highest BCUT2D eigenvalue weighted by molar-refractivity contribution is 9.10. The maximum absolute atomic E-state index is 13.2. The predicted octanol–water partition coefficient (Wildman–Crippen LogP) is 4.84. The van der Waals surface area contributed by atoms with Crippen molar-refractivity contribution in [3.8, 4) is 5.75 Å². The number of halogens is 1. The van der Waals surface area contributed by atoms with Crippen LogP contribution < -0.4 is 10.4 Å². The Labute approximate surface area is 163 Å². The molecule has 1 aliphatic carbocycles. The number of ketones is 1. The van der Waals surface area contributed by atoms with E-state index in [1.54, 1.807) is 19.1 Å². The number of carbonyl (C=O) groups excluding carboxylic acids is 1. The van der Waals surface area contributed by atoms with Gasteiger partial charge in [-0.05, 0) is 24.6 Å². The van der Waals surface area contributed by atoms with Gasteiger partial charge in [-0.3, -0.25) is 4.79 Å². The molecule has 2 heterocycles. The van der Waals surface area contributed by atoms with Crippen LogP contribution in [0.1, 0.15) is 38.7 Å². The summed E-state index contributed by atoms with van der Waals surface area (Å²) in [6.45, 7) is 1.71. The zero-order chi connectivity index (χ0) is 18.7. The Morgan fingerprint density at radius 2 is 1.74 bits per heavy atom. The van der Waals surface area contributed by atoms with E-state index in [2.05, 4.69) is 15.9 Å². The Morgan fingerprint density at radius 1 is 0.963 bits per heavy atom. The van der Waals surface area contributed by atoms with Crippen molar-refractivity contribution in [2.24, 2.45) is 0 Å². The van der Waals surface area contributed by atoms with E-state index in [9.17, 15) is 9.59 Å². The summed E-state index contributed by atoms with van der Waals surface area (Å²) in [5, 5.41) is 0. The van der Waals surface area contributed by atoms with Crippen molar-refractivity contribution in [2.75, 3.05) is 0 Å². The van der Waals surface area contributed by atoms with Gasteiger partial charge in [-0.25, -0.2) is 4.79 Å². The van der Waals surface area contributed by atoms with Crippen molar-refractivity contribution >= 4 is 27.5 Å². The average Bonchev–Trinajstić information content (AvgIpc) is 2.92. The van der Waals surface area contributed by atoms with Crippen LogP contribution >= 0.6 is 15.9 Å². The van der Waals surface area contributed by atoms with Crippen LogP contribution in [0.3, 0.4) is 0 Å². The van der Waals surface area contributed by atoms with E-state index in [1.807, 2.05) is 42.5 Å². The number of ether oxygens (including phenoxy) is 1. The summed E-state index contributed by atoms with van der Waals surface area (Å²) in [5.74, 6) is 0.776. The first-order chi connectivity index (χ1) is 13.0. The number of Topliss-reactive ketones (excluding diaryl/α,β-unsaturated/α-hetero) is 1. The Bertz CT molecular complexity index is 1220. The number of aryl methyl sites for hydroxylation is 1. The smallest absolute Gasteiger partial charge is 0.343 e. The molecule has 0 spiro atoms. The topological polar surface area (TPSA) is 56.5 Å². The van der Waals surface area contributed by atoms with Gasteiger partial charge in [-0.1, -0.05) is 52.3 Å². The molecular formula is C22H13BrO4. The summed E-state index contributed by atoms with van der Waals surface area (Å²) in [5.41, 5.74) is 2.55. The summed E-state index contributed by atoms with van der Waals surface area (Å²) in [4.78, 5) is 25.9. The van der Waals surface area contributed by atoms with Gasteiger partial charge in [0.2, 0.25) is 0 Å². The zero-order valence-corrected chi connectivity index (χ0v) is 15.9.